The molecule has 1 aromatic carbocycles. The number of rotatable bonds is 7. The van der Waals surface area contributed by atoms with E-state index in [1.807, 2.05) is 13.8 Å². The van der Waals surface area contributed by atoms with Crippen LogP contribution in [0.25, 0.3) is 0 Å². The van der Waals surface area contributed by atoms with Crippen LogP contribution in [-0.4, -0.2) is 32.9 Å². The quantitative estimate of drug-likeness (QED) is 0.821. The second kappa shape index (κ2) is 7.08. The number of aryl methyl sites for hydroxylation is 2. The SMILES string of the molecule is CN(Cc1ccc(CCC(C)(C)O)cc1)Cc1n[nH]c2c1CCC2. The van der Waals surface area contributed by atoms with Crippen molar-refractivity contribution in [3.8, 4) is 0 Å². The maximum atomic E-state index is 9.83. The molecule has 130 valence electrons. The first-order valence-electron chi connectivity index (χ1n) is 8.94. The molecular formula is C20H29N3O. The lowest BCUT2D eigenvalue weighted by Gasteiger charge is -2.18. The maximum absolute atomic E-state index is 9.83. The average Bonchev–Trinajstić information content (AvgIpc) is 3.11. The predicted octanol–water partition coefficient (Wildman–Crippen LogP) is 3.23. The van der Waals surface area contributed by atoms with Crippen molar-refractivity contribution < 1.29 is 5.11 Å². The summed E-state index contributed by atoms with van der Waals surface area (Å²) in [6.45, 7) is 5.55. The number of H-pyrrole nitrogens is 1. The van der Waals surface area contributed by atoms with Crippen molar-refractivity contribution in [2.75, 3.05) is 7.05 Å². The number of hydrogen-bond acceptors (Lipinski definition) is 3. The van der Waals surface area contributed by atoms with E-state index in [1.54, 1.807) is 0 Å². The summed E-state index contributed by atoms with van der Waals surface area (Å²) < 4.78 is 0. The van der Waals surface area contributed by atoms with Gasteiger partial charge in [-0.2, -0.15) is 5.10 Å². The van der Waals surface area contributed by atoms with Crippen LogP contribution in [-0.2, 0) is 32.4 Å². The molecular weight excluding hydrogens is 298 g/mol. The van der Waals surface area contributed by atoms with Gasteiger partial charge < -0.3 is 5.11 Å². The number of benzene rings is 1. The van der Waals surface area contributed by atoms with E-state index in [2.05, 4.69) is 46.4 Å². The third kappa shape index (κ3) is 4.46. The fraction of sp³-hybridized carbons (Fsp3) is 0.550. The van der Waals surface area contributed by atoms with Gasteiger partial charge in [0.1, 0.15) is 0 Å². The van der Waals surface area contributed by atoms with E-state index >= 15 is 0 Å². The van der Waals surface area contributed by atoms with Crippen LogP contribution in [0.4, 0.5) is 0 Å². The van der Waals surface area contributed by atoms with Crippen molar-refractivity contribution in [3.05, 3.63) is 52.3 Å². The molecule has 0 atom stereocenters. The molecule has 1 aliphatic carbocycles. The van der Waals surface area contributed by atoms with Gasteiger partial charge in [-0.05, 0) is 69.7 Å². The molecule has 0 bridgehead atoms. The highest BCUT2D eigenvalue weighted by Crippen LogP contribution is 2.23. The van der Waals surface area contributed by atoms with Crippen molar-refractivity contribution in [3.63, 3.8) is 0 Å². The van der Waals surface area contributed by atoms with Crippen LogP contribution >= 0.6 is 0 Å². The Bertz CT molecular complexity index is 667. The molecule has 0 spiro atoms. The van der Waals surface area contributed by atoms with Crippen molar-refractivity contribution in [2.45, 2.75) is 64.6 Å². The largest absolute Gasteiger partial charge is 0.390 e. The molecule has 0 amide bonds. The van der Waals surface area contributed by atoms with E-state index in [4.69, 9.17) is 0 Å². The van der Waals surface area contributed by atoms with E-state index in [9.17, 15) is 5.11 Å². The number of nitrogens with zero attached hydrogens (tertiary/aromatic N) is 2. The zero-order valence-electron chi connectivity index (χ0n) is 15.1. The molecule has 1 aromatic heterocycles. The lowest BCUT2D eigenvalue weighted by Crippen LogP contribution is -2.19. The topological polar surface area (TPSA) is 52.1 Å². The molecule has 0 unspecified atom stereocenters. The Morgan fingerprint density at radius 1 is 1.12 bits per heavy atom. The Labute approximate surface area is 144 Å². The van der Waals surface area contributed by atoms with Crippen molar-refractivity contribution >= 4 is 0 Å². The van der Waals surface area contributed by atoms with E-state index < -0.39 is 5.60 Å². The van der Waals surface area contributed by atoms with E-state index in [1.165, 1.54) is 40.9 Å². The van der Waals surface area contributed by atoms with Gasteiger partial charge in [0, 0.05) is 18.8 Å². The summed E-state index contributed by atoms with van der Waals surface area (Å²) >= 11 is 0. The molecule has 3 rings (SSSR count). The third-order valence-electron chi connectivity index (χ3n) is 4.81. The minimum Gasteiger partial charge on any atom is -0.390 e. The second-order valence-electron chi connectivity index (χ2n) is 7.78. The van der Waals surface area contributed by atoms with Crippen LogP contribution in [0.3, 0.4) is 0 Å². The first-order chi connectivity index (χ1) is 11.4. The molecule has 2 N–H and O–H groups in total. The molecule has 24 heavy (non-hydrogen) atoms. The lowest BCUT2D eigenvalue weighted by atomic mass is 9.98. The second-order valence-corrected chi connectivity index (χ2v) is 7.78. The number of aromatic nitrogens is 2. The van der Waals surface area contributed by atoms with E-state index in [0.29, 0.717) is 0 Å². The number of aromatic amines is 1. The van der Waals surface area contributed by atoms with Gasteiger partial charge in [0.25, 0.3) is 0 Å². The van der Waals surface area contributed by atoms with Crippen LogP contribution in [0.15, 0.2) is 24.3 Å². The van der Waals surface area contributed by atoms with E-state index in [-0.39, 0.29) is 0 Å². The molecule has 2 aromatic rings. The lowest BCUT2D eigenvalue weighted by molar-refractivity contribution is 0.0714. The zero-order valence-corrected chi connectivity index (χ0v) is 15.1. The van der Waals surface area contributed by atoms with Gasteiger partial charge >= 0.3 is 0 Å². The molecule has 4 heteroatoms. The molecule has 0 fully saturated rings. The van der Waals surface area contributed by atoms with Gasteiger partial charge in [-0.15, -0.1) is 0 Å². The predicted molar refractivity (Wildman–Crippen MR) is 96.8 cm³/mol. The van der Waals surface area contributed by atoms with Crippen LogP contribution < -0.4 is 0 Å². The molecule has 1 heterocycles. The highest BCUT2D eigenvalue weighted by atomic mass is 16.3. The summed E-state index contributed by atoms with van der Waals surface area (Å²) in [5.74, 6) is 0. The van der Waals surface area contributed by atoms with E-state index in [0.717, 1.165) is 32.4 Å². The summed E-state index contributed by atoms with van der Waals surface area (Å²) in [6, 6.07) is 8.76. The summed E-state index contributed by atoms with van der Waals surface area (Å²) in [7, 11) is 2.15. The van der Waals surface area contributed by atoms with Crippen LogP contribution in [0.2, 0.25) is 0 Å². The van der Waals surface area contributed by atoms with Gasteiger partial charge in [0.15, 0.2) is 0 Å². The summed E-state index contributed by atoms with van der Waals surface area (Å²) in [4.78, 5) is 2.32. The number of aliphatic hydroxyl groups is 1. The smallest absolute Gasteiger partial charge is 0.0797 e. The van der Waals surface area contributed by atoms with Gasteiger partial charge in [0.05, 0.1) is 11.3 Å². The van der Waals surface area contributed by atoms with Gasteiger partial charge in [0.2, 0.25) is 0 Å². The summed E-state index contributed by atoms with van der Waals surface area (Å²) in [5.41, 5.74) is 6.01. The number of nitrogens with one attached hydrogen (secondary N) is 1. The minimum atomic E-state index is -0.595. The Hall–Kier alpha value is -1.65. The molecule has 1 aliphatic rings. The summed E-state index contributed by atoms with van der Waals surface area (Å²) in [5, 5.41) is 17.5. The summed E-state index contributed by atoms with van der Waals surface area (Å²) in [6.07, 6.45) is 5.28. The molecule has 0 saturated heterocycles. The van der Waals surface area contributed by atoms with Crippen molar-refractivity contribution in [1.29, 1.82) is 0 Å². The van der Waals surface area contributed by atoms with Gasteiger partial charge in [-0.3, -0.25) is 10.00 Å². The Morgan fingerprint density at radius 2 is 1.83 bits per heavy atom. The van der Waals surface area contributed by atoms with Crippen LogP contribution in [0.1, 0.15) is 54.8 Å². The first-order valence-corrected chi connectivity index (χ1v) is 8.94. The van der Waals surface area contributed by atoms with Crippen LogP contribution in [0, 0.1) is 0 Å². The average molecular weight is 327 g/mol. The Morgan fingerprint density at radius 3 is 2.54 bits per heavy atom. The number of fused-ring (bicyclic) bond motifs is 1. The zero-order chi connectivity index (χ0) is 17.2. The maximum Gasteiger partial charge on any atom is 0.0797 e. The first kappa shape index (κ1) is 17.2. The highest BCUT2D eigenvalue weighted by molar-refractivity contribution is 5.29. The van der Waals surface area contributed by atoms with Gasteiger partial charge in [-0.25, -0.2) is 0 Å². The normalized spacial score (nSPS) is 14.4. The minimum absolute atomic E-state index is 0.595. The highest BCUT2D eigenvalue weighted by Gasteiger charge is 2.19. The molecule has 0 aliphatic heterocycles. The molecule has 0 saturated carbocycles. The molecule has 0 radical (unpaired) electrons. The van der Waals surface area contributed by atoms with Gasteiger partial charge in [-0.1, -0.05) is 24.3 Å². The standard InChI is InChI=1S/C20H29N3O/c1-20(2,24)12-11-15-7-9-16(10-8-15)13-23(3)14-19-17-5-4-6-18(17)21-22-19/h7-10,24H,4-6,11-14H2,1-3H3,(H,21,22). The Kier molecular flexibility index (Phi) is 5.07. The van der Waals surface area contributed by atoms with Crippen LogP contribution in [0.5, 0.6) is 0 Å². The fourth-order valence-corrected chi connectivity index (χ4v) is 3.40. The van der Waals surface area contributed by atoms with Crippen molar-refractivity contribution in [2.24, 2.45) is 0 Å². The van der Waals surface area contributed by atoms with Crippen molar-refractivity contribution in [1.82, 2.24) is 15.1 Å². The number of hydrogen-bond donors (Lipinski definition) is 2. The molecule has 4 nitrogen and oxygen atoms in total. The fourth-order valence-electron chi connectivity index (χ4n) is 3.40. The third-order valence-corrected chi connectivity index (χ3v) is 4.81. The Balaban J connectivity index is 1.53. The monoisotopic (exact) mass is 327 g/mol.